The molecule has 0 unspecified atom stereocenters. The second kappa shape index (κ2) is 6.87. The molecule has 1 aliphatic rings. The fourth-order valence-electron chi connectivity index (χ4n) is 3.41. The Balaban J connectivity index is 1.78. The first kappa shape index (κ1) is 17.8. The molecule has 0 bridgehead atoms. The third-order valence-electron chi connectivity index (χ3n) is 4.88. The van der Waals surface area contributed by atoms with Gasteiger partial charge in [-0.25, -0.2) is 4.98 Å². The van der Waals surface area contributed by atoms with Gasteiger partial charge >= 0.3 is 0 Å². The number of piperazine rings is 1. The Bertz CT molecular complexity index is 975. The molecule has 0 aliphatic carbocycles. The van der Waals surface area contributed by atoms with Crippen molar-refractivity contribution in [3.05, 3.63) is 50.6 Å². The highest BCUT2D eigenvalue weighted by Gasteiger charge is 2.31. The first-order valence-corrected chi connectivity index (χ1v) is 9.47. The average Bonchev–Trinajstić information content (AvgIpc) is 3.15. The molecule has 0 radical (unpaired) electrons. The van der Waals surface area contributed by atoms with Gasteiger partial charge in [-0.1, -0.05) is 23.5 Å². The fourth-order valence-corrected chi connectivity index (χ4v) is 4.58. The highest BCUT2D eigenvalue weighted by molar-refractivity contribution is 7.17. The Hall–Kier alpha value is -2.56. The van der Waals surface area contributed by atoms with Gasteiger partial charge in [-0.2, -0.15) is 4.52 Å². The van der Waals surface area contributed by atoms with E-state index in [0.29, 0.717) is 10.8 Å². The Morgan fingerprint density at radius 1 is 1.22 bits per heavy atom. The largest absolute Gasteiger partial charge is 0.492 e. The van der Waals surface area contributed by atoms with E-state index in [2.05, 4.69) is 26.9 Å². The average molecular weight is 388 g/mol. The number of nitro groups is 1. The zero-order valence-corrected chi connectivity index (χ0v) is 15.9. The zero-order chi connectivity index (χ0) is 19.1. The molecule has 1 aliphatic heterocycles. The van der Waals surface area contributed by atoms with Gasteiger partial charge in [-0.05, 0) is 19.5 Å². The molecule has 3 heterocycles. The Morgan fingerprint density at radius 3 is 2.48 bits per heavy atom. The predicted octanol–water partition coefficient (Wildman–Crippen LogP) is 2.05. The second-order valence-corrected chi connectivity index (χ2v) is 7.74. The van der Waals surface area contributed by atoms with Crippen LogP contribution in [0.1, 0.15) is 22.3 Å². The molecule has 4 rings (SSSR count). The number of rotatable bonds is 4. The first-order chi connectivity index (χ1) is 12.9. The van der Waals surface area contributed by atoms with Crippen LogP contribution >= 0.6 is 11.3 Å². The molecule has 0 saturated carbocycles. The molecule has 9 nitrogen and oxygen atoms in total. The van der Waals surface area contributed by atoms with Crippen LogP contribution in [0.3, 0.4) is 0 Å². The van der Waals surface area contributed by atoms with Gasteiger partial charge in [-0.15, -0.1) is 5.10 Å². The molecule has 27 heavy (non-hydrogen) atoms. The van der Waals surface area contributed by atoms with E-state index in [4.69, 9.17) is 0 Å². The third-order valence-corrected chi connectivity index (χ3v) is 5.95. The Labute approximate surface area is 159 Å². The number of aromatic hydroxyl groups is 1. The lowest BCUT2D eigenvalue weighted by molar-refractivity contribution is -0.384. The SMILES string of the molecule is Cc1nc2sc([C@H](c3ccc([N+](=O)[O-])cc3)N3CCN(C)CC3)c(O)n2n1. The number of aryl methyl sites for hydroxylation is 1. The lowest BCUT2D eigenvalue weighted by Crippen LogP contribution is -2.46. The maximum Gasteiger partial charge on any atom is 0.269 e. The molecular weight excluding hydrogens is 368 g/mol. The second-order valence-electron chi connectivity index (χ2n) is 6.73. The van der Waals surface area contributed by atoms with Crippen molar-refractivity contribution in [1.29, 1.82) is 0 Å². The van der Waals surface area contributed by atoms with Crippen molar-refractivity contribution >= 4 is 22.0 Å². The van der Waals surface area contributed by atoms with Crippen LogP contribution in [0, 0.1) is 17.0 Å². The van der Waals surface area contributed by atoms with Gasteiger partial charge in [-0.3, -0.25) is 15.0 Å². The summed E-state index contributed by atoms with van der Waals surface area (Å²) in [5.41, 5.74) is 0.958. The number of likely N-dealkylation sites (N-methyl/N-ethyl adjacent to an activating group) is 1. The third kappa shape index (κ3) is 3.27. The van der Waals surface area contributed by atoms with Gasteiger partial charge in [0.05, 0.1) is 15.8 Å². The number of nitro benzene ring substituents is 1. The van der Waals surface area contributed by atoms with Gasteiger partial charge in [0.2, 0.25) is 10.8 Å². The highest BCUT2D eigenvalue weighted by atomic mass is 32.1. The van der Waals surface area contributed by atoms with Gasteiger partial charge in [0.1, 0.15) is 5.82 Å². The molecule has 1 N–H and O–H groups in total. The van der Waals surface area contributed by atoms with Crippen molar-refractivity contribution in [1.82, 2.24) is 24.4 Å². The van der Waals surface area contributed by atoms with E-state index in [1.165, 1.54) is 28.0 Å². The number of hydrogen-bond donors (Lipinski definition) is 1. The molecule has 142 valence electrons. The van der Waals surface area contributed by atoms with Crippen LogP contribution in [-0.4, -0.2) is 67.7 Å². The molecule has 10 heteroatoms. The van der Waals surface area contributed by atoms with E-state index in [1.807, 2.05) is 0 Å². The van der Waals surface area contributed by atoms with Crippen molar-refractivity contribution in [2.24, 2.45) is 0 Å². The minimum absolute atomic E-state index is 0.0540. The number of non-ortho nitro benzene ring substituents is 1. The number of thiazole rings is 1. The highest BCUT2D eigenvalue weighted by Crippen LogP contribution is 2.40. The summed E-state index contributed by atoms with van der Waals surface area (Å²) in [6, 6.07) is 6.35. The summed E-state index contributed by atoms with van der Waals surface area (Å²) in [5, 5.41) is 26.0. The quantitative estimate of drug-likeness (QED) is 0.539. The number of benzene rings is 1. The van der Waals surface area contributed by atoms with Crippen molar-refractivity contribution in [2.45, 2.75) is 13.0 Å². The number of fused-ring (bicyclic) bond motifs is 1. The van der Waals surface area contributed by atoms with Gasteiger partial charge in [0.15, 0.2) is 0 Å². The van der Waals surface area contributed by atoms with Crippen LogP contribution in [0.15, 0.2) is 24.3 Å². The van der Waals surface area contributed by atoms with Crippen molar-refractivity contribution in [2.75, 3.05) is 33.2 Å². The predicted molar refractivity (Wildman–Crippen MR) is 101 cm³/mol. The van der Waals surface area contributed by atoms with Crippen molar-refractivity contribution < 1.29 is 10.0 Å². The molecule has 0 amide bonds. The smallest absolute Gasteiger partial charge is 0.269 e. The number of hydrogen-bond acceptors (Lipinski definition) is 8. The van der Waals surface area contributed by atoms with E-state index in [-0.39, 0.29) is 17.6 Å². The topological polar surface area (TPSA) is 100 Å². The number of aromatic nitrogens is 3. The molecule has 3 aromatic rings. The van der Waals surface area contributed by atoms with Crippen molar-refractivity contribution in [3.8, 4) is 5.88 Å². The summed E-state index contributed by atoms with van der Waals surface area (Å²) >= 11 is 1.40. The van der Waals surface area contributed by atoms with E-state index in [1.54, 1.807) is 19.1 Å². The summed E-state index contributed by atoms with van der Waals surface area (Å²) in [5.74, 6) is 0.687. The molecule has 1 saturated heterocycles. The van der Waals surface area contributed by atoms with Gasteiger partial charge in [0.25, 0.3) is 5.69 Å². The lowest BCUT2D eigenvalue weighted by Gasteiger charge is -2.37. The van der Waals surface area contributed by atoms with Crippen LogP contribution in [0.25, 0.3) is 4.96 Å². The van der Waals surface area contributed by atoms with Gasteiger partial charge < -0.3 is 10.0 Å². The number of nitrogens with zero attached hydrogens (tertiary/aromatic N) is 6. The van der Waals surface area contributed by atoms with E-state index in [0.717, 1.165) is 36.6 Å². The van der Waals surface area contributed by atoms with E-state index < -0.39 is 4.92 Å². The summed E-state index contributed by atoms with van der Waals surface area (Å²) in [4.78, 5) is 20.9. The lowest BCUT2D eigenvalue weighted by atomic mass is 10.0. The van der Waals surface area contributed by atoms with Crippen LogP contribution in [0.4, 0.5) is 5.69 Å². The van der Waals surface area contributed by atoms with E-state index in [9.17, 15) is 15.2 Å². The molecule has 0 spiro atoms. The van der Waals surface area contributed by atoms with Gasteiger partial charge in [0, 0.05) is 38.3 Å². The molecule has 1 aromatic carbocycles. The monoisotopic (exact) mass is 388 g/mol. The summed E-state index contributed by atoms with van der Waals surface area (Å²) < 4.78 is 1.46. The van der Waals surface area contributed by atoms with Crippen LogP contribution < -0.4 is 0 Å². The summed E-state index contributed by atoms with van der Waals surface area (Å²) in [6.45, 7) is 5.30. The Kier molecular flexibility index (Phi) is 4.54. The normalized spacial score (nSPS) is 17.4. The zero-order valence-electron chi connectivity index (χ0n) is 15.1. The summed E-state index contributed by atoms with van der Waals surface area (Å²) in [7, 11) is 2.08. The molecular formula is C17H20N6O3S. The first-order valence-electron chi connectivity index (χ1n) is 8.66. The maximum absolute atomic E-state index is 11.0. The summed E-state index contributed by atoms with van der Waals surface area (Å²) in [6.07, 6.45) is 0. The molecule has 2 aromatic heterocycles. The fraction of sp³-hybridized carbons (Fsp3) is 0.412. The van der Waals surface area contributed by atoms with Crippen LogP contribution in [0.5, 0.6) is 5.88 Å². The molecule has 1 atom stereocenters. The minimum atomic E-state index is -0.405. The minimum Gasteiger partial charge on any atom is -0.492 e. The maximum atomic E-state index is 11.0. The molecule has 1 fully saturated rings. The Morgan fingerprint density at radius 2 is 1.89 bits per heavy atom. The van der Waals surface area contributed by atoms with Crippen LogP contribution in [0.2, 0.25) is 0 Å². The standard InChI is InChI=1S/C17H20N6O3S/c1-11-18-17-22(19-11)16(24)15(27-17)14(21-9-7-20(2)8-10-21)12-3-5-13(6-4-12)23(25)26/h3-6,14,24H,7-10H2,1-2H3/t14-/m0/s1. The van der Waals surface area contributed by atoms with Crippen molar-refractivity contribution in [3.63, 3.8) is 0 Å². The van der Waals surface area contributed by atoms with E-state index >= 15 is 0 Å². The van der Waals surface area contributed by atoms with Crippen LogP contribution in [-0.2, 0) is 0 Å².